The SMILES string of the molecule is CCCCCCCCS(=O)(=O)CC(C)C(=O)O. The van der Waals surface area contributed by atoms with Gasteiger partial charge in [0.1, 0.15) is 0 Å². The molecule has 0 aromatic carbocycles. The molecule has 0 saturated heterocycles. The summed E-state index contributed by atoms with van der Waals surface area (Å²) in [7, 11) is -3.20. The summed E-state index contributed by atoms with van der Waals surface area (Å²) in [4.78, 5) is 10.6. The molecule has 0 aromatic rings. The summed E-state index contributed by atoms with van der Waals surface area (Å²) >= 11 is 0. The standard InChI is InChI=1S/C12H24O4S/c1-3-4-5-6-7-8-9-17(15,16)10-11(2)12(13)14/h11H,3-10H2,1-2H3,(H,13,14). The first-order valence-electron chi connectivity index (χ1n) is 6.32. The Labute approximate surface area is 104 Å². The van der Waals surface area contributed by atoms with Gasteiger partial charge in [-0.05, 0) is 6.42 Å². The number of carboxylic acid groups (broad SMARTS) is 1. The van der Waals surface area contributed by atoms with Crippen molar-refractivity contribution >= 4 is 15.8 Å². The minimum atomic E-state index is -3.20. The molecule has 0 fully saturated rings. The van der Waals surface area contributed by atoms with Crippen molar-refractivity contribution in [3.8, 4) is 0 Å². The van der Waals surface area contributed by atoms with Gasteiger partial charge in [-0.2, -0.15) is 0 Å². The van der Waals surface area contributed by atoms with E-state index in [1.807, 2.05) is 0 Å². The molecular formula is C12H24O4S. The molecular weight excluding hydrogens is 240 g/mol. The second-order valence-electron chi connectivity index (χ2n) is 4.62. The maximum absolute atomic E-state index is 11.6. The molecule has 0 saturated carbocycles. The summed E-state index contributed by atoms with van der Waals surface area (Å²) in [5.74, 6) is -1.97. The summed E-state index contributed by atoms with van der Waals surface area (Å²) in [5, 5.41) is 8.65. The van der Waals surface area contributed by atoms with Crippen molar-refractivity contribution in [2.24, 2.45) is 5.92 Å². The number of carbonyl (C=O) groups is 1. The monoisotopic (exact) mass is 264 g/mol. The van der Waals surface area contributed by atoms with Gasteiger partial charge >= 0.3 is 5.97 Å². The molecule has 0 aromatic heterocycles. The van der Waals surface area contributed by atoms with E-state index in [0.29, 0.717) is 6.42 Å². The predicted octanol–water partition coefficient (Wildman–Crippen LogP) is 2.48. The maximum Gasteiger partial charge on any atom is 0.307 e. The number of sulfone groups is 1. The highest BCUT2D eigenvalue weighted by Gasteiger charge is 2.20. The lowest BCUT2D eigenvalue weighted by Gasteiger charge is -2.07. The first kappa shape index (κ1) is 16.4. The first-order valence-corrected chi connectivity index (χ1v) is 8.14. The van der Waals surface area contributed by atoms with Gasteiger partial charge in [-0.3, -0.25) is 4.79 Å². The number of carboxylic acids is 1. The van der Waals surface area contributed by atoms with E-state index < -0.39 is 21.7 Å². The fourth-order valence-corrected chi connectivity index (χ4v) is 3.35. The zero-order valence-electron chi connectivity index (χ0n) is 10.8. The van der Waals surface area contributed by atoms with Crippen LogP contribution in [0.15, 0.2) is 0 Å². The Morgan fingerprint density at radius 2 is 1.65 bits per heavy atom. The summed E-state index contributed by atoms with van der Waals surface area (Å²) in [6.45, 7) is 3.57. The molecule has 0 bridgehead atoms. The Bertz CT molecular complexity index is 308. The van der Waals surface area contributed by atoms with Crippen LogP contribution < -0.4 is 0 Å². The smallest absolute Gasteiger partial charge is 0.307 e. The molecule has 17 heavy (non-hydrogen) atoms. The first-order chi connectivity index (χ1) is 7.89. The van der Waals surface area contributed by atoms with E-state index in [0.717, 1.165) is 19.3 Å². The molecule has 0 aliphatic heterocycles. The molecule has 0 heterocycles. The van der Waals surface area contributed by atoms with Crippen LogP contribution in [0.5, 0.6) is 0 Å². The third-order valence-corrected chi connectivity index (χ3v) is 4.65. The van der Waals surface area contributed by atoms with E-state index >= 15 is 0 Å². The van der Waals surface area contributed by atoms with Crippen molar-refractivity contribution in [2.45, 2.75) is 52.4 Å². The van der Waals surface area contributed by atoms with Crippen LogP contribution in [0.2, 0.25) is 0 Å². The third-order valence-electron chi connectivity index (χ3n) is 2.73. The number of aliphatic carboxylic acids is 1. The Hall–Kier alpha value is -0.580. The predicted molar refractivity (Wildman–Crippen MR) is 68.8 cm³/mol. The summed E-state index contributed by atoms with van der Waals surface area (Å²) in [6, 6.07) is 0. The van der Waals surface area contributed by atoms with Crippen molar-refractivity contribution in [2.75, 3.05) is 11.5 Å². The van der Waals surface area contributed by atoms with Crippen molar-refractivity contribution in [3.63, 3.8) is 0 Å². The van der Waals surface area contributed by atoms with Crippen LogP contribution in [0.1, 0.15) is 52.4 Å². The van der Waals surface area contributed by atoms with E-state index in [2.05, 4.69) is 6.92 Å². The van der Waals surface area contributed by atoms with Gasteiger partial charge < -0.3 is 5.11 Å². The number of hydrogen-bond acceptors (Lipinski definition) is 3. The van der Waals surface area contributed by atoms with Gasteiger partial charge in [0, 0.05) is 0 Å². The van der Waals surface area contributed by atoms with Gasteiger partial charge in [-0.15, -0.1) is 0 Å². The summed E-state index contributed by atoms with van der Waals surface area (Å²) in [6.07, 6.45) is 6.16. The van der Waals surface area contributed by atoms with Gasteiger partial charge in [0.05, 0.1) is 17.4 Å². The van der Waals surface area contributed by atoms with Gasteiger partial charge in [-0.1, -0.05) is 46.0 Å². The van der Waals surface area contributed by atoms with Crippen molar-refractivity contribution < 1.29 is 18.3 Å². The highest BCUT2D eigenvalue weighted by molar-refractivity contribution is 7.91. The van der Waals surface area contributed by atoms with E-state index in [4.69, 9.17) is 5.11 Å². The van der Waals surface area contributed by atoms with E-state index in [1.165, 1.54) is 19.8 Å². The average Bonchev–Trinajstić information content (AvgIpc) is 2.22. The highest BCUT2D eigenvalue weighted by atomic mass is 32.2. The molecule has 1 N–H and O–H groups in total. The fourth-order valence-electron chi connectivity index (χ4n) is 1.64. The topological polar surface area (TPSA) is 71.4 Å². The second-order valence-corrected chi connectivity index (χ2v) is 6.85. The molecule has 102 valence electrons. The van der Waals surface area contributed by atoms with E-state index in [1.54, 1.807) is 0 Å². The van der Waals surface area contributed by atoms with Gasteiger partial charge in [0.25, 0.3) is 0 Å². The lowest BCUT2D eigenvalue weighted by atomic mass is 10.1. The molecule has 1 atom stereocenters. The average molecular weight is 264 g/mol. The van der Waals surface area contributed by atoms with Crippen molar-refractivity contribution in [1.82, 2.24) is 0 Å². The minimum Gasteiger partial charge on any atom is -0.481 e. The Balaban J connectivity index is 3.75. The molecule has 0 spiro atoms. The quantitative estimate of drug-likeness (QED) is 0.615. The van der Waals surface area contributed by atoms with E-state index in [-0.39, 0.29) is 11.5 Å². The zero-order valence-corrected chi connectivity index (χ0v) is 11.6. The van der Waals surface area contributed by atoms with Crippen molar-refractivity contribution in [1.29, 1.82) is 0 Å². The van der Waals surface area contributed by atoms with Crippen LogP contribution >= 0.6 is 0 Å². The van der Waals surface area contributed by atoms with Gasteiger partial charge in [0.15, 0.2) is 9.84 Å². The Morgan fingerprint density at radius 1 is 1.12 bits per heavy atom. The maximum atomic E-state index is 11.6. The number of rotatable bonds is 10. The summed E-state index contributed by atoms with van der Waals surface area (Å²) in [5.41, 5.74) is 0. The van der Waals surface area contributed by atoms with Gasteiger partial charge in [0.2, 0.25) is 0 Å². The zero-order chi connectivity index (χ0) is 13.3. The molecule has 1 unspecified atom stereocenters. The van der Waals surface area contributed by atoms with Crippen LogP contribution in [0, 0.1) is 5.92 Å². The minimum absolute atomic E-state index is 0.122. The number of hydrogen-bond donors (Lipinski definition) is 1. The Morgan fingerprint density at radius 3 is 2.18 bits per heavy atom. The molecule has 0 aliphatic carbocycles. The van der Waals surface area contributed by atoms with Crippen LogP contribution in [0.25, 0.3) is 0 Å². The largest absolute Gasteiger partial charge is 0.481 e. The lowest BCUT2D eigenvalue weighted by molar-refractivity contribution is -0.140. The van der Waals surface area contributed by atoms with Gasteiger partial charge in [-0.25, -0.2) is 8.42 Å². The molecule has 0 rings (SSSR count). The third kappa shape index (κ3) is 9.15. The van der Waals surface area contributed by atoms with Crippen molar-refractivity contribution in [3.05, 3.63) is 0 Å². The molecule has 0 aliphatic rings. The Kier molecular flexibility index (Phi) is 8.21. The van der Waals surface area contributed by atoms with Crippen LogP contribution in [-0.2, 0) is 14.6 Å². The normalized spacial score (nSPS) is 13.5. The number of unbranched alkanes of at least 4 members (excludes halogenated alkanes) is 5. The molecule has 0 amide bonds. The second kappa shape index (κ2) is 8.50. The van der Waals surface area contributed by atoms with E-state index in [9.17, 15) is 13.2 Å². The lowest BCUT2D eigenvalue weighted by Crippen LogP contribution is -2.22. The molecule has 5 heteroatoms. The summed E-state index contributed by atoms with van der Waals surface area (Å²) < 4.78 is 23.1. The molecule has 4 nitrogen and oxygen atoms in total. The molecule has 0 radical (unpaired) electrons. The van der Waals surface area contributed by atoms with Crippen LogP contribution in [0.4, 0.5) is 0 Å². The van der Waals surface area contributed by atoms with Crippen LogP contribution in [0.3, 0.4) is 0 Å². The highest BCUT2D eigenvalue weighted by Crippen LogP contribution is 2.09. The fraction of sp³-hybridized carbons (Fsp3) is 0.917. The van der Waals surface area contributed by atoms with Crippen LogP contribution in [-0.4, -0.2) is 31.0 Å².